The summed E-state index contributed by atoms with van der Waals surface area (Å²) in [5, 5.41) is 0. The molecule has 0 aromatic heterocycles. The van der Waals surface area contributed by atoms with Crippen LogP contribution >= 0.6 is 0 Å². The molecule has 0 aromatic rings. The maximum absolute atomic E-state index is 12.3. The van der Waals surface area contributed by atoms with Crippen LogP contribution in [-0.4, -0.2) is 27.4 Å². The van der Waals surface area contributed by atoms with E-state index in [1.807, 2.05) is 0 Å². The van der Waals surface area contributed by atoms with Crippen molar-refractivity contribution < 1.29 is 23.0 Å². The van der Waals surface area contributed by atoms with Crippen molar-refractivity contribution in [3.05, 3.63) is 24.2 Å². The summed E-state index contributed by atoms with van der Waals surface area (Å²) in [4.78, 5) is 0. The van der Waals surface area contributed by atoms with Crippen molar-refractivity contribution >= 4 is 0 Å². The lowest BCUT2D eigenvalue weighted by atomic mass is 10.3. The third kappa shape index (κ3) is 7.04. The van der Waals surface area contributed by atoms with Crippen LogP contribution in [0.2, 0.25) is 0 Å². The van der Waals surface area contributed by atoms with Gasteiger partial charge in [-0.3, -0.25) is 0 Å². The summed E-state index contributed by atoms with van der Waals surface area (Å²) >= 11 is 0. The first kappa shape index (κ1) is 14.1. The average molecular weight is 222 g/mol. The summed E-state index contributed by atoms with van der Waals surface area (Å²) in [5.74, 6) is 0.0775. The van der Waals surface area contributed by atoms with Gasteiger partial charge in [0.2, 0.25) is 0 Å². The topological polar surface area (TPSA) is 27.7 Å². The van der Waals surface area contributed by atoms with Gasteiger partial charge in [-0.2, -0.15) is 0 Å². The Balaban J connectivity index is 4.02. The molecule has 0 aliphatic carbocycles. The monoisotopic (exact) mass is 222 g/mol. The fourth-order valence-corrected chi connectivity index (χ4v) is 0.829. The zero-order valence-corrected chi connectivity index (χ0v) is 8.96. The Hall–Kier alpha value is -0.940. The normalized spacial score (nSPS) is 13.1. The van der Waals surface area contributed by atoms with Crippen molar-refractivity contribution in [3.63, 3.8) is 0 Å². The van der Waals surface area contributed by atoms with E-state index < -0.39 is 0 Å². The van der Waals surface area contributed by atoms with Crippen LogP contribution in [0.3, 0.4) is 0 Å². The van der Waals surface area contributed by atoms with Crippen LogP contribution in [0, 0.1) is 0 Å². The van der Waals surface area contributed by atoms with Gasteiger partial charge in [-0.05, 0) is 0 Å². The second-order valence-corrected chi connectivity index (χ2v) is 2.74. The van der Waals surface area contributed by atoms with E-state index in [4.69, 9.17) is 14.2 Å². The minimum Gasteiger partial charge on any atom is -0.461 e. The van der Waals surface area contributed by atoms with Gasteiger partial charge in [-0.25, -0.2) is 8.78 Å². The predicted octanol–water partition coefficient (Wildman–Crippen LogP) is 2.70. The highest BCUT2D eigenvalue weighted by molar-refractivity contribution is 4.97. The lowest BCUT2D eigenvalue weighted by Gasteiger charge is -2.10. The molecule has 0 radical (unpaired) electrons. The van der Waals surface area contributed by atoms with Gasteiger partial charge in [0.15, 0.2) is 0 Å². The minimum absolute atomic E-state index is 0.0388. The highest BCUT2D eigenvalue weighted by Crippen LogP contribution is 2.14. The Morgan fingerprint density at radius 1 is 0.933 bits per heavy atom. The van der Waals surface area contributed by atoms with Gasteiger partial charge in [-0.1, -0.05) is 0 Å². The lowest BCUT2D eigenvalue weighted by Crippen LogP contribution is -2.00. The molecule has 5 heteroatoms. The molecule has 88 valence electrons. The molecule has 0 heterocycles. The summed E-state index contributed by atoms with van der Waals surface area (Å²) < 4.78 is 39.0. The molecule has 3 nitrogen and oxygen atoms in total. The Labute approximate surface area is 88.3 Å². The number of methoxy groups -OCH3 is 2. The molecule has 0 bridgehead atoms. The quantitative estimate of drug-likeness (QED) is 0.591. The van der Waals surface area contributed by atoms with E-state index in [9.17, 15) is 8.78 Å². The molecule has 0 aliphatic heterocycles. The van der Waals surface area contributed by atoms with E-state index in [1.165, 1.54) is 14.2 Å². The Bertz CT molecular complexity index is 193. The molecule has 0 atom stereocenters. The van der Waals surface area contributed by atoms with Crippen molar-refractivity contribution in [2.75, 3.05) is 27.4 Å². The molecule has 15 heavy (non-hydrogen) atoms. The fraction of sp³-hybridized carbons (Fsp3) is 0.600. The number of hydrogen-bond acceptors (Lipinski definition) is 3. The third-order valence-corrected chi connectivity index (χ3v) is 1.61. The second kappa shape index (κ2) is 9.61. The maximum Gasteiger partial charge on any atom is 0.134 e. The first-order chi connectivity index (χ1) is 7.28. The molecule has 0 spiro atoms. The Morgan fingerprint density at radius 3 is 1.60 bits per heavy atom. The summed E-state index contributed by atoms with van der Waals surface area (Å²) in [6, 6.07) is 0. The number of hydrogen-bond donors (Lipinski definition) is 0. The molecular weight excluding hydrogens is 206 g/mol. The summed E-state index contributed by atoms with van der Waals surface area (Å²) in [7, 11) is 2.99. The molecule has 0 aliphatic rings. The highest BCUT2D eigenvalue weighted by atomic mass is 19.1. The first-order valence-electron chi connectivity index (χ1n) is 4.52. The van der Waals surface area contributed by atoms with Crippen molar-refractivity contribution in [3.8, 4) is 0 Å². The van der Waals surface area contributed by atoms with Crippen LogP contribution in [-0.2, 0) is 14.2 Å². The average Bonchev–Trinajstić information content (AvgIpc) is 2.28. The van der Waals surface area contributed by atoms with Crippen molar-refractivity contribution in [1.82, 2.24) is 0 Å². The van der Waals surface area contributed by atoms with Gasteiger partial charge in [0, 0.05) is 27.1 Å². The highest BCUT2D eigenvalue weighted by Gasteiger charge is 2.04. The zero-order chi connectivity index (χ0) is 11.5. The van der Waals surface area contributed by atoms with Gasteiger partial charge < -0.3 is 14.2 Å². The molecule has 0 aromatic carbocycles. The predicted molar refractivity (Wildman–Crippen MR) is 52.5 cm³/mol. The summed E-state index contributed by atoms with van der Waals surface area (Å²) in [5.41, 5.74) is 0. The minimum atomic E-state index is 0.0388. The number of ether oxygens (including phenoxy) is 3. The molecule has 0 saturated carbocycles. The van der Waals surface area contributed by atoms with Gasteiger partial charge >= 0.3 is 0 Å². The Kier molecular flexibility index (Phi) is 9.01. The van der Waals surface area contributed by atoms with Crippen LogP contribution in [0.15, 0.2) is 24.2 Å². The van der Waals surface area contributed by atoms with E-state index in [0.717, 1.165) is 0 Å². The van der Waals surface area contributed by atoms with Crippen LogP contribution in [0.25, 0.3) is 0 Å². The third-order valence-electron chi connectivity index (χ3n) is 1.61. The first-order valence-corrected chi connectivity index (χ1v) is 4.52. The van der Waals surface area contributed by atoms with E-state index in [1.54, 1.807) is 0 Å². The zero-order valence-electron chi connectivity index (χ0n) is 8.96. The number of rotatable bonds is 8. The smallest absolute Gasteiger partial charge is 0.134 e. The largest absolute Gasteiger partial charge is 0.461 e. The standard InChI is InChI=1S/C10H16F2O3/c1-13-5-3-9(7-11)15-10(8-12)4-6-14-2/h7-8H,3-6H2,1-2H3. The molecular formula is C10H16F2O3. The molecule has 0 amide bonds. The summed E-state index contributed by atoms with van der Waals surface area (Å²) in [6.07, 6.45) is 1.12. The number of halogens is 2. The molecule has 0 saturated heterocycles. The van der Waals surface area contributed by atoms with Gasteiger partial charge in [-0.15, -0.1) is 0 Å². The van der Waals surface area contributed by atoms with Crippen LogP contribution < -0.4 is 0 Å². The van der Waals surface area contributed by atoms with E-state index >= 15 is 0 Å². The van der Waals surface area contributed by atoms with Crippen LogP contribution in [0.5, 0.6) is 0 Å². The fourth-order valence-electron chi connectivity index (χ4n) is 0.829. The van der Waals surface area contributed by atoms with E-state index in [2.05, 4.69) is 0 Å². The molecule has 0 fully saturated rings. The summed E-state index contributed by atoms with van der Waals surface area (Å²) in [6.45, 7) is 0.638. The van der Waals surface area contributed by atoms with E-state index in [0.29, 0.717) is 25.9 Å². The van der Waals surface area contributed by atoms with E-state index in [-0.39, 0.29) is 24.4 Å². The maximum atomic E-state index is 12.3. The van der Waals surface area contributed by atoms with Crippen LogP contribution in [0.1, 0.15) is 12.8 Å². The van der Waals surface area contributed by atoms with Gasteiger partial charge in [0.1, 0.15) is 24.2 Å². The molecule has 0 N–H and O–H groups in total. The Morgan fingerprint density at radius 2 is 1.33 bits per heavy atom. The second-order valence-electron chi connectivity index (χ2n) is 2.74. The van der Waals surface area contributed by atoms with Gasteiger partial charge in [0.05, 0.1) is 13.2 Å². The molecule has 0 unspecified atom stereocenters. The van der Waals surface area contributed by atoms with Crippen molar-refractivity contribution in [2.24, 2.45) is 0 Å². The van der Waals surface area contributed by atoms with Gasteiger partial charge in [0.25, 0.3) is 0 Å². The van der Waals surface area contributed by atoms with Crippen molar-refractivity contribution in [2.45, 2.75) is 12.8 Å². The molecule has 0 rings (SSSR count). The lowest BCUT2D eigenvalue weighted by molar-refractivity contribution is 0.158. The van der Waals surface area contributed by atoms with Crippen molar-refractivity contribution in [1.29, 1.82) is 0 Å². The SMILES string of the molecule is COCCC(=CF)OC(=CF)CCOC. The van der Waals surface area contributed by atoms with Crippen LogP contribution in [0.4, 0.5) is 8.78 Å².